The zero-order chi connectivity index (χ0) is 18.4. The van der Waals surface area contributed by atoms with Crippen molar-refractivity contribution in [2.24, 2.45) is 0 Å². The predicted molar refractivity (Wildman–Crippen MR) is 104 cm³/mol. The second kappa shape index (κ2) is 8.12. The molecule has 0 heterocycles. The third-order valence-corrected chi connectivity index (χ3v) is 3.95. The van der Waals surface area contributed by atoms with Gasteiger partial charge < -0.3 is 10.6 Å². The molecule has 2 N–H and O–H groups in total. The van der Waals surface area contributed by atoms with E-state index in [2.05, 4.69) is 10.6 Å². The molecule has 130 valence electrons. The molecule has 26 heavy (non-hydrogen) atoms. The van der Waals surface area contributed by atoms with E-state index in [1.165, 1.54) is 0 Å². The fraction of sp³-hybridized carbons (Fsp3) is 0.0909. The van der Waals surface area contributed by atoms with Gasteiger partial charge in [0.25, 0.3) is 5.91 Å². The van der Waals surface area contributed by atoms with E-state index in [1.54, 1.807) is 36.4 Å². The van der Waals surface area contributed by atoms with Crippen LogP contribution in [0, 0.1) is 6.92 Å². The Kier molecular flexibility index (Phi) is 5.44. The predicted octanol–water partition coefficient (Wildman–Crippen LogP) is 4.43. The first-order valence-electron chi connectivity index (χ1n) is 8.42. The molecule has 0 bridgehead atoms. The van der Waals surface area contributed by atoms with Crippen LogP contribution in [0.25, 0.3) is 0 Å². The minimum Gasteiger partial charge on any atom is -0.326 e. The maximum atomic E-state index is 12.2. The molecule has 0 aliphatic carbocycles. The van der Waals surface area contributed by atoms with Crippen LogP contribution >= 0.6 is 0 Å². The van der Waals surface area contributed by atoms with Crippen LogP contribution in [0.2, 0.25) is 0 Å². The van der Waals surface area contributed by atoms with Gasteiger partial charge in [0.1, 0.15) is 0 Å². The van der Waals surface area contributed by atoms with Gasteiger partial charge in [-0.25, -0.2) is 0 Å². The highest BCUT2D eigenvalue weighted by Crippen LogP contribution is 2.15. The van der Waals surface area contributed by atoms with Crippen LogP contribution in [0.3, 0.4) is 0 Å². The van der Waals surface area contributed by atoms with Crippen molar-refractivity contribution in [3.8, 4) is 0 Å². The second-order valence-electron chi connectivity index (χ2n) is 6.11. The summed E-state index contributed by atoms with van der Waals surface area (Å²) in [7, 11) is 0. The molecule has 3 aromatic rings. The molecular formula is C22H20N2O2. The number of carbonyl (C=O) groups excluding carboxylic acids is 2. The Hall–Kier alpha value is -3.40. The maximum absolute atomic E-state index is 12.2. The fourth-order valence-corrected chi connectivity index (χ4v) is 2.53. The quantitative estimate of drug-likeness (QED) is 0.719. The molecule has 4 heteroatoms. The van der Waals surface area contributed by atoms with Gasteiger partial charge in [0.05, 0.1) is 6.42 Å². The largest absolute Gasteiger partial charge is 0.326 e. The summed E-state index contributed by atoms with van der Waals surface area (Å²) in [5, 5.41) is 5.70. The summed E-state index contributed by atoms with van der Waals surface area (Å²) < 4.78 is 0. The van der Waals surface area contributed by atoms with E-state index in [-0.39, 0.29) is 11.8 Å². The SMILES string of the molecule is Cc1ccc(C(=O)Nc2ccc(NC(=O)Cc3ccccc3)cc2)cc1. The van der Waals surface area contributed by atoms with Crippen molar-refractivity contribution >= 4 is 23.2 Å². The van der Waals surface area contributed by atoms with Crippen LogP contribution in [-0.2, 0) is 11.2 Å². The number of amides is 2. The Morgan fingerprint density at radius 2 is 1.31 bits per heavy atom. The summed E-state index contributed by atoms with van der Waals surface area (Å²) in [5.74, 6) is -0.237. The number of carbonyl (C=O) groups is 2. The Bertz CT molecular complexity index is 886. The van der Waals surface area contributed by atoms with Crippen LogP contribution < -0.4 is 10.6 Å². The van der Waals surface area contributed by atoms with Gasteiger partial charge in [-0.3, -0.25) is 9.59 Å². The Labute approximate surface area is 152 Å². The van der Waals surface area contributed by atoms with Crippen molar-refractivity contribution in [3.05, 3.63) is 95.6 Å². The molecule has 3 rings (SSSR count). The molecule has 0 aromatic heterocycles. The molecule has 0 atom stereocenters. The average molecular weight is 344 g/mol. The lowest BCUT2D eigenvalue weighted by atomic mass is 10.1. The number of hydrogen-bond acceptors (Lipinski definition) is 2. The molecule has 0 radical (unpaired) electrons. The first-order valence-corrected chi connectivity index (χ1v) is 8.42. The monoisotopic (exact) mass is 344 g/mol. The maximum Gasteiger partial charge on any atom is 0.255 e. The van der Waals surface area contributed by atoms with Crippen LogP contribution in [0.4, 0.5) is 11.4 Å². The third-order valence-electron chi connectivity index (χ3n) is 3.95. The van der Waals surface area contributed by atoms with Gasteiger partial charge in [-0.1, -0.05) is 48.0 Å². The van der Waals surface area contributed by atoms with Gasteiger partial charge in [-0.05, 0) is 48.9 Å². The van der Waals surface area contributed by atoms with Crippen LogP contribution in [0.5, 0.6) is 0 Å². The summed E-state index contributed by atoms with van der Waals surface area (Å²) in [6.07, 6.45) is 0.326. The van der Waals surface area contributed by atoms with Crippen molar-refractivity contribution < 1.29 is 9.59 Å². The van der Waals surface area contributed by atoms with Crippen LogP contribution in [0.15, 0.2) is 78.9 Å². The van der Waals surface area contributed by atoms with E-state index in [0.717, 1.165) is 11.1 Å². The number of hydrogen-bond donors (Lipinski definition) is 2. The number of benzene rings is 3. The lowest BCUT2D eigenvalue weighted by molar-refractivity contribution is -0.115. The fourth-order valence-electron chi connectivity index (χ4n) is 2.53. The first kappa shape index (κ1) is 17.4. The summed E-state index contributed by atoms with van der Waals surface area (Å²) in [6, 6.07) is 24.1. The lowest BCUT2D eigenvalue weighted by Crippen LogP contribution is -2.14. The molecule has 0 unspecified atom stereocenters. The van der Waals surface area contributed by atoms with E-state index in [1.807, 2.05) is 49.4 Å². The highest BCUT2D eigenvalue weighted by Gasteiger charge is 2.07. The minimum absolute atomic E-state index is 0.0763. The summed E-state index contributed by atoms with van der Waals surface area (Å²) in [6.45, 7) is 1.98. The number of aryl methyl sites for hydroxylation is 1. The first-order chi connectivity index (χ1) is 12.6. The second-order valence-corrected chi connectivity index (χ2v) is 6.11. The van der Waals surface area contributed by atoms with Crippen LogP contribution in [0.1, 0.15) is 21.5 Å². The molecule has 0 fully saturated rings. The van der Waals surface area contributed by atoms with E-state index in [9.17, 15) is 9.59 Å². The van der Waals surface area contributed by atoms with Gasteiger partial charge in [-0.2, -0.15) is 0 Å². The minimum atomic E-state index is -0.161. The van der Waals surface area contributed by atoms with Gasteiger partial charge in [0, 0.05) is 16.9 Å². The molecule has 0 spiro atoms. The Balaban J connectivity index is 1.57. The smallest absolute Gasteiger partial charge is 0.255 e. The molecule has 0 saturated carbocycles. The van der Waals surface area contributed by atoms with E-state index >= 15 is 0 Å². The number of rotatable bonds is 5. The van der Waals surface area contributed by atoms with Crippen molar-refractivity contribution in [2.75, 3.05) is 10.6 Å². The van der Waals surface area contributed by atoms with Gasteiger partial charge in [0.15, 0.2) is 0 Å². The molecule has 3 aromatic carbocycles. The van der Waals surface area contributed by atoms with Crippen molar-refractivity contribution in [3.63, 3.8) is 0 Å². The molecule has 2 amide bonds. The zero-order valence-corrected chi connectivity index (χ0v) is 14.5. The van der Waals surface area contributed by atoms with E-state index in [4.69, 9.17) is 0 Å². The summed E-state index contributed by atoms with van der Waals surface area (Å²) in [5.41, 5.74) is 4.05. The van der Waals surface area contributed by atoms with E-state index in [0.29, 0.717) is 23.4 Å². The summed E-state index contributed by atoms with van der Waals surface area (Å²) >= 11 is 0. The standard InChI is InChI=1S/C22H20N2O2/c1-16-7-9-18(10-8-16)22(26)24-20-13-11-19(12-14-20)23-21(25)15-17-5-3-2-4-6-17/h2-14H,15H2,1H3,(H,23,25)(H,24,26). The van der Waals surface area contributed by atoms with Crippen molar-refractivity contribution in [1.82, 2.24) is 0 Å². The van der Waals surface area contributed by atoms with Crippen molar-refractivity contribution in [2.45, 2.75) is 13.3 Å². The Morgan fingerprint density at radius 3 is 1.92 bits per heavy atom. The average Bonchev–Trinajstić information content (AvgIpc) is 2.64. The molecule has 0 saturated heterocycles. The van der Waals surface area contributed by atoms with Crippen molar-refractivity contribution in [1.29, 1.82) is 0 Å². The highest BCUT2D eigenvalue weighted by atomic mass is 16.2. The lowest BCUT2D eigenvalue weighted by Gasteiger charge is -2.08. The number of nitrogens with one attached hydrogen (secondary N) is 2. The van der Waals surface area contributed by atoms with Crippen LogP contribution in [-0.4, -0.2) is 11.8 Å². The third kappa shape index (κ3) is 4.80. The number of anilines is 2. The van der Waals surface area contributed by atoms with Gasteiger partial charge in [0.2, 0.25) is 5.91 Å². The topological polar surface area (TPSA) is 58.2 Å². The molecular weight excluding hydrogens is 324 g/mol. The summed E-state index contributed by atoms with van der Waals surface area (Å²) in [4.78, 5) is 24.3. The zero-order valence-electron chi connectivity index (χ0n) is 14.5. The van der Waals surface area contributed by atoms with Gasteiger partial charge in [-0.15, -0.1) is 0 Å². The molecule has 0 aliphatic heterocycles. The molecule has 0 aliphatic rings. The molecule has 4 nitrogen and oxygen atoms in total. The van der Waals surface area contributed by atoms with E-state index < -0.39 is 0 Å². The highest BCUT2D eigenvalue weighted by molar-refractivity contribution is 6.04. The normalized spacial score (nSPS) is 10.2. The van der Waals surface area contributed by atoms with Gasteiger partial charge >= 0.3 is 0 Å². The Morgan fingerprint density at radius 1 is 0.731 bits per heavy atom.